The number of aryl methyl sites for hydroxylation is 1. The van der Waals surface area contributed by atoms with E-state index in [1.807, 2.05) is 31.2 Å². The Balaban J connectivity index is 2.18. The molecule has 1 unspecified atom stereocenters. The van der Waals surface area contributed by atoms with Crippen molar-refractivity contribution in [1.82, 2.24) is 0 Å². The van der Waals surface area contributed by atoms with Crippen LogP contribution in [0.5, 0.6) is 5.75 Å². The van der Waals surface area contributed by atoms with E-state index in [9.17, 15) is 18.5 Å². The van der Waals surface area contributed by atoms with Gasteiger partial charge in [0.05, 0.1) is 28.7 Å². The number of rotatable bonds is 7. The molecule has 8 heteroatoms. The maximum atomic E-state index is 13.7. The molecule has 1 atom stereocenters. The standard InChI is InChI=1S/C22H22N2O5S/c1-16-10-12-18(13-11-16)17(2)23(19-6-4-8-21(14-19)29-3)30(27,28)22-9-5-7-20(15-22)24(25)26/h4-15,17H,1-3H3. The van der Waals surface area contributed by atoms with Crippen LogP contribution in [0.3, 0.4) is 0 Å². The third-order valence-corrected chi connectivity index (χ3v) is 6.70. The van der Waals surface area contributed by atoms with E-state index in [0.717, 1.165) is 17.2 Å². The van der Waals surface area contributed by atoms with Gasteiger partial charge in [0, 0.05) is 18.2 Å². The molecule has 3 aromatic rings. The Morgan fingerprint density at radius 3 is 2.30 bits per heavy atom. The highest BCUT2D eigenvalue weighted by molar-refractivity contribution is 7.92. The molecular weight excluding hydrogens is 404 g/mol. The summed E-state index contributed by atoms with van der Waals surface area (Å²) < 4.78 is 33.8. The van der Waals surface area contributed by atoms with Crippen molar-refractivity contribution in [2.45, 2.75) is 24.8 Å². The van der Waals surface area contributed by atoms with Gasteiger partial charge in [0.2, 0.25) is 0 Å². The first-order chi connectivity index (χ1) is 14.2. The smallest absolute Gasteiger partial charge is 0.270 e. The summed E-state index contributed by atoms with van der Waals surface area (Å²) in [5.74, 6) is 0.503. The molecule has 0 aromatic heterocycles. The van der Waals surface area contributed by atoms with Crippen molar-refractivity contribution in [2.24, 2.45) is 0 Å². The van der Waals surface area contributed by atoms with Crippen LogP contribution in [0.1, 0.15) is 24.1 Å². The fourth-order valence-corrected chi connectivity index (χ4v) is 4.85. The first-order valence-electron chi connectivity index (χ1n) is 9.23. The van der Waals surface area contributed by atoms with Crippen LogP contribution in [-0.2, 0) is 10.0 Å². The van der Waals surface area contributed by atoms with Crippen molar-refractivity contribution in [3.63, 3.8) is 0 Å². The van der Waals surface area contributed by atoms with E-state index in [0.29, 0.717) is 11.4 Å². The molecule has 0 N–H and O–H groups in total. The van der Waals surface area contributed by atoms with Crippen LogP contribution in [0.25, 0.3) is 0 Å². The lowest BCUT2D eigenvalue weighted by Gasteiger charge is -2.31. The maximum absolute atomic E-state index is 13.7. The monoisotopic (exact) mass is 426 g/mol. The summed E-state index contributed by atoms with van der Waals surface area (Å²) in [4.78, 5) is 10.4. The largest absolute Gasteiger partial charge is 0.497 e. The molecule has 0 saturated heterocycles. The Morgan fingerprint density at radius 2 is 1.67 bits per heavy atom. The van der Waals surface area contributed by atoms with E-state index < -0.39 is 21.0 Å². The summed E-state index contributed by atoms with van der Waals surface area (Å²) in [5, 5.41) is 11.2. The topological polar surface area (TPSA) is 89.8 Å². The highest BCUT2D eigenvalue weighted by Gasteiger charge is 2.31. The zero-order valence-corrected chi connectivity index (χ0v) is 17.7. The van der Waals surface area contributed by atoms with Gasteiger partial charge in [-0.25, -0.2) is 8.42 Å². The van der Waals surface area contributed by atoms with E-state index in [4.69, 9.17) is 4.74 Å². The van der Waals surface area contributed by atoms with Gasteiger partial charge in [-0.15, -0.1) is 0 Å². The first kappa shape index (κ1) is 21.3. The van der Waals surface area contributed by atoms with Gasteiger partial charge in [0.1, 0.15) is 5.75 Å². The minimum atomic E-state index is -4.12. The highest BCUT2D eigenvalue weighted by atomic mass is 32.2. The Hall–Kier alpha value is -3.39. The SMILES string of the molecule is COc1cccc(N(C(C)c2ccc(C)cc2)S(=O)(=O)c2cccc([N+](=O)[O-])c2)c1. The molecule has 30 heavy (non-hydrogen) atoms. The number of anilines is 1. The lowest BCUT2D eigenvalue weighted by atomic mass is 10.1. The minimum absolute atomic E-state index is 0.154. The zero-order valence-electron chi connectivity index (χ0n) is 16.8. The molecule has 0 aliphatic carbocycles. The lowest BCUT2D eigenvalue weighted by molar-refractivity contribution is -0.385. The number of nitro groups is 1. The normalized spacial score (nSPS) is 12.2. The molecule has 0 bridgehead atoms. The number of nitrogens with zero attached hydrogens (tertiary/aromatic N) is 2. The molecule has 0 heterocycles. The summed E-state index contributed by atoms with van der Waals surface area (Å²) in [6.07, 6.45) is 0. The number of hydrogen-bond acceptors (Lipinski definition) is 5. The van der Waals surface area contributed by atoms with E-state index in [-0.39, 0.29) is 10.6 Å². The summed E-state index contributed by atoms with van der Waals surface area (Å²) in [6, 6.07) is 18.8. The summed E-state index contributed by atoms with van der Waals surface area (Å²) in [7, 11) is -2.62. The van der Waals surface area contributed by atoms with Crippen molar-refractivity contribution < 1.29 is 18.1 Å². The number of non-ortho nitro benzene ring substituents is 1. The van der Waals surface area contributed by atoms with Crippen LogP contribution in [0.15, 0.2) is 77.7 Å². The molecular formula is C22H22N2O5S. The molecule has 0 spiro atoms. The van der Waals surface area contributed by atoms with Crippen LogP contribution in [0, 0.1) is 17.0 Å². The number of sulfonamides is 1. The lowest BCUT2D eigenvalue weighted by Crippen LogP contribution is -2.33. The molecule has 0 saturated carbocycles. The van der Waals surface area contributed by atoms with E-state index >= 15 is 0 Å². The molecule has 3 rings (SSSR count). The highest BCUT2D eigenvalue weighted by Crippen LogP contribution is 2.35. The van der Waals surface area contributed by atoms with Crippen LogP contribution in [-0.4, -0.2) is 20.5 Å². The average Bonchev–Trinajstić information content (AvgIpc) is 2.74. The van der Waals surface area contributed by atoms with Gasteiger partial charge < -0.3 is 4.74 Å². The summed E-state index contributed by atoms with van der Waals surface area (Å²) in [5.41, 5.74) is 1.96. The molecule has 0 aliphatic heterocycles. The third-order valence-electron chi connectivity index (χ3n) is 4.80. The van der Waals surface area contributed by atoms with Crippen LogP contribution < -0.4 is 9.04 Å². The van der Waals surface area contributed by atoms with Crippen LogP contribution >= 0.6 is 0 Å². The predicted molar refractivity (Wildman–Crippen MR) is 115 cm³/mol. The van der Waals surface area contributed by atoms with Gasteiger partial charge in [-0.2, -0.15) is 0 Å². The molecule has 0 amide bonds. The van der Waals surface area contributed by atoms with Crippen LogP contribution in [0.2, 0.25) is 0 Å². The van der Waals surface area contributed by atoms with Crippen LogP contribution in [0.4, 0.5) is 11.4 Å². The van der Waals surface area contributed by atoms with E-state index in [1.54, 1.807) is 31.2 Å². The molecule has 156 valence electrons. The van der Waals surface area contributed by atoms with Gasteiger partial charge in [-0.1, -0.05) is 42.0 Å². The molecule has 0 aliphatic rings. The minimum Gasteiger partial charge on any atom is -0.497 e. The second kappa shape index (κ2) is 8.54. The van der Waals surface area contributed by atoms with Gasteiger partial charge >= 0.3 is 0 Å². The average molecular weight is 426 g/mol. The number of ether oxygens (including phenoxy) is 1. The van der Waals surface area contributed by atoms with Gasteiger partial charge in [0.25, 0.3) is 15.7 Å². The fourth-order valence-electron chi connectivity index (χ4n) is 3.17. The zero-order chi connectivity index (χ0) is 21.9. The number of hydrogen-bond donors (Lipinski definition) is 0. The van der Waals surface area contributed by atoms with Crippen molar-refractivity contribution in [2.75, 3.05) is 11.4 Å². The van der Waals surface area contributed by atoms with Gasteiger partial charge in [-0.05, 0) is 37.6 Å². The predicted octanol–water partition coefficient (Wildman–Crippen LogP) is 4.87. The fraction of sp³-hybridized carbons (Fsp3) is 0.182. The molecule has 7 nitrogen and oxygen atoms in total. The Kier molecular flexibility index (Phi) is 6.07. The number of nitro benzene ring substituents is 1. The van der Waals surface area contributed by atoms with E-state index in [1.165, 1.54) is 29.6 Å². The molecule has 0 fully saturated rings. The number of benzene rings is 3. The van der Waals surface area contributed by atoms with Crippen molar-refractivity contribution in [3.05, 3.63) is 94.0 Å². The summed E-state index contributed by atoms with van der Waals surface area (Å²) in [6.45, 7) is 3.73. The van der Waals surface area contributed by atoms with E-state index in [2.05, 4.69) is 0 Å². The Labute approximate surface area is 175 Å². The molecule has 0 radical (unpaired) electrons. The number of methoxy groups -OCH3 is 1. The second-order valence-corrected chi connectivity index (χ2v) is 8.66. The van der Waals surface area contributed by atoms with Crippen molar-refractivity contribution in [1.29, 1.82) is 0 Å². The van der Waals surface area contributed by atoms with Gasteiger partial charge in [-0.3, -0.25) is 14.4 Å². The molecule has 3 aromatic carbocycles. The second-order valence-electron chi connectivity index (χ2n) is 6.84. The Morgan fingerprint density at radius 1 is 1.00 bits per heavy atom. The maximum Gasteiger partial charge on any atom is 0.270 e. The quantitative estimate of drug-likeness (QED) is 0.397. The van der Waals surface area contributed by atoms with Crippen molar-refractivity contribution >= 4 is 21.4 Å². The Bertz CT molecular complexity index is 1160. The third kappa shape index (κ3) is 4.28. The van der Waals surface area contributed by atoms with Crippen molar-refractivity contribution in [3.8, 4) is 5.75 Å². The first-order valence-corrected chi connectivity index (χ1v) is 10.7. The summed E-state index contributed by atoms with van der Waals surface area (Å²) >= 11 is 0. The van der Waals surface area contributed by atoms with Gasteiger partial charge in [0.15, 0.2) is 0 Å².